The lowest BCUT2D eigenvalue weighted by Crippen LogP contribution is -2.38. The number of nitrogens with zero attached hydrogens (tertiary/aromatic N) is 3. The van der Waals surface area contributed by atoms with Crippen LogP contribution in [0.5, 0.6) is 0 Å². The quantitative estimate of drug-likeness (QED) is 0.254. The molecule has 33 heavy (non-hydrogen) atoms. The first-order valence-electron chi connectivity index (χ1n) is 11.5. The van der Waals surface area contributed by atoms with Crippen LogP contribution in [0.3, 0.4) is 0 Å². The van der Waals surface area contributed by atoms with Gasteiger partial charge in [0.05, 0.1) is 11.4 Å². The molecule has 0 saturated heterocycles. The fourth-order valence-corrected chi connectivity index (χ4v) is 3.59. The van der Waals surface area contributed by atoms with E-state index in [0.717, 1.165) is 61.8 Å². The van der Waals surface area contributed by atoms with Crippen LogP contribution in [-0.2, 0) is 12.8 Å². The van der Waals surface area contributed by atoms with E-state index in [-0.39, 0.29) is 5.91 Å². The maximum Gasteiger partial charge on any atom is 0.251 e. The Morgan fingerprint density at radius 1 is 1.06 bits per heavy atom. The molecule has 0 atom stereocenters. The summed E-state index contributed by atoms with van der Waals surface area (Å²) in [4.78, 5) is 16.5. The minimum Gasteiger partial charge on any atom is -0.357 e. The summed E-state index contributed by atoms with van der Waals surface area (Å²) in [6.07, 6.45) is 4.82. The molecule has 3 aromatic rings. The van der Waals surface area contributed by atoms with Gasteiger partial charge in [0.15, 0.2) is 5.96 Å². The van der Waals surface area contributed by atoms with Crippen LogP contribution in [0, 0.1) is 6.92 Å². The van der Waals surface area contributed by atoms with Crippen molar-refractivity contribution in [3.05, 3.63) is 83.2 Å². The van der Waals surface area contributed by atoms with Gasteiger partial charge in [-0.15, -0.1) is 0 Å². The van der Waals surface area contributed by atoms with Crippen molar-refractivity contribution < 1.29 is 4.79 Å². The van der Waals surface area contributed by atoms with Gasteiger partial charge in [0.1, 0.15) is 0 Å². The molecule has 174 valence electrons. The number of rotatable bonds is 10. The molecule has 0 bridgehead atoms. The SMILES string of the molecule is CCNC(=NCCCc1cn(-c2ccccc2)nc1C)NCCc1cccc(C(=O)NC)c1. The van der Waals surface area contributed by atoms with Crippen molar-refractivity contribution >= 4 is 11.9 Å². The van der Waals surface area contributed by atoms with Gasteiger partial charge in [0, 0.05) is 38.4 Å². The number of aromatic nitrogens is 2. The molecule has 3 rings (SSSR count). The monoisotopic (exact) mass is 446 g/mol. The molecular formula is C26H34N6O. The molecule has 7 nitrogen and oxygen atoms in total. The Balaban J connectivity index is 1.48. The fourth-order valence-electron chi connectivity index (χ4n) is 3.59. The summed E-state index contributed by atoms with van der Waals surface area (Å²) in [6.45, 7) is 6.40. The highest BCUT2D eigenvalue weighted by atomic mass is 16.1. The van der Waals surface area contributed by atoms with E-state index in [4.69, 9.17) is 4.99 Å². The van der Waals surface area contributed by atoms with Crippen molar-refractivity contribution in [2.45, 2.75) is 33.1 Å². The van der Waals surface area contributed by atoms with Crippen molar-refractivity contribution in [3.8, 4) is 5.69 Å². The Labute approximate surface area is 196 Å². The third kappa shape index (κ3) is 7.20. The number of guanidine groups is 1. The predicted molar refractivity (Wildman–Crippen MR) is 134 cm³/mol. The summed E-state index contributed by atoms with van der Waals surface area (Å²) in [7, 11) is 1.65. The Hall–Kier alpha value is -3.61. The van der Waals surface area contributed by atoms with Gasteiger partial charge < -0.3 is 16.0 Å². The second kappa shape index (κ2) is 12.4. The second-order valence-electron chi connectivity index (χ2n) is 7.84. The first-order valence-corrected chi connectivity index (χ1v) is 11.5. The van der Waals surface area contributed by atoms with E-state index in [1.165, 1.54) is 5.56 Å². The first-order chi connectivity index (χ1) is 16.1. The minimum atomic E-state index is -0.0655. The largest absolute Gasteiger partial charge is 0.357 e. The number of hydrogen-bond donors (Lipinski definition) is 3. The smallest absolute Gasteiger partial charge is 0.251 e. The highest BCUT2D eigenvalue weighted by Crippen LogP contribution is 2.13. The van der Waals surface area contributed by atoms with Crippen molar-refractivity contribution in [1.82, 2.24) is 25.7 Å². The van der Waals surface area contributed by atoms with E-state index in [0.29, 0.717) is 5.56 Å². The number of nitrogens with one attached hydrogen (secondary N) is 3. The van der Waals surface area contributed by atoms with E-state index < -0.39 is 0 Å². The third-order valence-electron chi connectivity index (χ3n) is 5.36. The Kier molecular flexibility index (Phi) is 9.06. The summed E-state index contributed by atoms with van der Waals surface area (Å²) in [5.41, 5.74) is 5.19. The average molecular weight is 447 g/mol. The summed E-state index contributed by atoms with van der Waals surface area (Å²) >= 11 is 0. The number of aryl methyl sites for hydroxylation is 2. The summed E-state index contributed by atoms with van der Waals surface area (Å²) < 4.78 is 1.94. The molecule has 7 heteroatoms. The van der Waals surface area contributed by atoms with Gasteiger partial charge in [0.2, 0.25) is 0 Å². The van der Waals surface area contributed by atoms with Crippen LogP contribution in [0.15, 0.2) is 65.8 Å². The van der Waals surface area contributed by atoms with Crippen LogP contribution in [0.4, 0.5) is 0 Å². The topological polar surface area (TPSA) is 83.3 Å². The van der Waals surface area contributed by atoms with E-state index >= 15 is 0 Å². The molecule has 0 radical (unpaired) electrons. The van der Waals surface area contributed by atoms with Crippen LogP contribution >= 0.6 is 0 Å². The molecule has 0 aliphatic carbocycles. The highest BCUT2D eigenvalue weighted by molar-refractivity contribution is 5.94. The van der Waals surface area contributed by atoms with Gasteiger partial charge in [0.25, 0.3) is 5.91 Å². The van der Waals surface area contributed by atoms with Crippen LogP contribution in [-0.4, -0.2) is 48.3 Å². The number of carbonyl (C=O) groups excluding carboxylic acids is 1. The number of hydrogen-bond acceptors (Lipinski definition) is 3. The first kappa shape index (κ1) is 24.0. The summed E-state index contributed by atoms with van der Waals surface area (Å²) in [6, 6.07) is 17.9. The highest BCUT2D eigenvalue weighted by Gasteiger charge is 2.07. The fraction of sp³-hybridized carbons (Fsp3) is 0.346. The standard InChI is InChI=1S/C26H34N6O/c1-4-28-26(30-17-15-21-10-8-11-22(18-21)25(33)27-3)29-16-9-12-23-19-32(31-20(23)2)24-13-6-5-7-14-24/h5-8,10-11,13-14,18-19H,4,9,12,15-17H2,1-3H3,(H,27,33)(H2,28,29,30). The molecule has 1 aromatic heterocycles. The predicted octanol–water partition coefficient (Wildman–Crippen LogP) is 3.27. The van der Waals surface area contributed by atoms with E-state index in [1.54, 1.807) is 7.05 Å². The molecule has 0 aliphatic rings. The lowest BCUT2D eigenvalue weighted by molar-refractivity contribution is 0.0963. The van der Waals surface area contributed by atoms with Gasteiger partial charge in [-0.3, -0.25) is 9.79 Å². The third-order valence-corrected chi connectivity index (χ3v) is 5.36. The molecule has 0 fully saturated rings. The summed E-state index contributed by atoms with van der Waals surface area (Å²) in [5, 5.41) is 14.0. The molecule has 0 spiro atoms. The zero-order valence-corrected chi connectivity index (χ0v) is 19.8. The average Bonchev–Trinajstić information content (AvgIpc) is 3.22. The number of amides is 1. The zero-order chi connectivity index (χ0) is 23.5. The van der Waals surface area contributed by atoms with Gasteiger partial charge in [-0.1, -0.05) is 30.3 Å². The maximum absolute atomic E-state index is 11.8. The van der Waals surface area contributed by atoms with Gasteiger partial charge in [-0.2, -0.15) is 5.10 Å². The van der Waals surface area contributed by atoms with E-state index in [9.17, 15) is 4.79 Å². The molecule has 0 unspecified atom stereocenters. The minimum absolute atomic E-state index is 0.0655. The lowest BCUT2D eigenvalue weighted by atomic mass is 10.1. The molecular weight excluding hydrogens is 412 g/mol. The van der Waals surface area contributed by atoms with E-state index in [2.05, 4.69) is 53.2 Å². The summed E-state index contributed by atoms with van der Waals surface area (Å²) in [5.74, 6) is 0.751. The van der Waals surface area contributed by atoms with Gasteiger partial charge in [-0.25, -0.2) is 4.68 Å². The number of aliphatic imine (C=N–C) groups is 1. The second-order valence-corrected chi connectivity index (χ2v) is 7.84. The molecule has 1 heterocycles. The van der Waals surface area contributed by atoms with E-state index in [1.807, 2.05) is 47.1 Å². The molecule has 0 saturated carbocycles. The molecule has 2 aromatic carbocycles. The Morgan fingerprint density at radius 2 is 1.88 bits per heavy atom. The normalized spacial score (nSPS) is 11.3. The van der Waals surface area contributed by atoms with Crippen LogP contribution in [0.2, 0.25) is 0 Å². The number of para-hydroxylation sites is 1. The molecule has 3 N–H and O–H groups in total. The van der Waals surface area contributed by atoms with Crippen molar-refractivity contribution in [2.75, 3.05) is 26.7 Å². The maximum atomic E-state index is 11.8. The van der Waals surface area contributed by atoms with Gasteiger partial charge >= 0.3 is 0 Å². The number of carbonyl (C=O) groups is 1. The van der Waals surface area contributed by atoms with Crippen LogP contribution < -0.4 is 16.0 Å². The van der Waals surface area contributed by atoms with Crippen LogP contribution in [0.1, 0.15) is 40.5 Å². The van der Waals surface area contributed by atoms with Crippen molar-refractivity contribution in [1.29, 1.82) is 0 Å². The van der Waals surface area contributed by atoms with Crippen molar-refractivity contribution in [3.63, 3.8) is 0 Å². The molecule has 0 aliphatic heterocycles. The molecule has 1 amide bonds. The zero-order valence-electron chi connectivity index (χ0n) is 19.8. The van der Waals surface area contributed by atoms with Crippen molar-refractivity contribution in [2.24, 2.45) is 4.99 Å². The Bertz CT molecular complexity index is 1060. The Morgan fingerprint density at radius 3 is 2.64 bits per heavy atom. The number of benzene rings is 2. The van der Waals surface area contributed by atoms with Crippen LogP contribution in [0.25, 0.3) is 5.69 Å². The van der Waals surface area contributed by atoms with Gasteiger partial charge in [-0.05, 0) is 68.5 Å². The lowest BCUT2D eigenvalue weighted by Gasteiger charge is -2.11.